The number of benzene rings is 1. The lowest BCUT2D eigenvalue weighted by atomic mass is 10.0. The van der Waals surface area contributed by atoms with Crippen LogP contribution >= 0.6 is 11.6 Å². The Morgan fingerprint density at radius 1 is 1.19 bits per heavy atom. The molecular formula is C18H18ClN5O2. The maximum atomic E-state index is 11.5. The molecule has 8 heteroatoms. The standard InChI is InChI=1S/C18H18ClN5O2/c1-9(2)26-17-15-14(23-18(21)24-17)6-5-13(22-15)10-3-4-12(16(20)25)11(7-10)8-19/h3-7,9H,8H2,1-2H3,(H2,20,25)(H2,21,23,24). The number of alkyl halides is 1. The van der Waals surface area contributed by atoms with Crippen molar-refractivity contribution in [3.8, 4) is 17.1 Å². The largest absolute Gasteiger partial charge is 0.473 e. The number of nitrogen functional groups attached to an aromatic ring is 1. The van der Waals surface area contributed by atoms with Crippen LogP contribution in [0.3, 0.4) is 0 Å². The molecule has 134 valence electrons. The number of anilines is 1. The number of nitrogens with two attached hydrogens (primary N) is 2. The third-order valence-electron chi connectivity index (χ3n) is 3.69. The second kappa shape index (κ2) is 7.13. The predicted molar refractivity (Wildman–Crippen MR) is 101 cm³/mol. The fraction of sp³-hybridized carbons (Fsp3) is 0.222. The summed E-state index contributed by atoms with van der Waals surface area (Å²) in [7, 11) is 0. The van der Waals surface area contributed by atoms with Crippen LogP contribution in [0.5, 0.6) is 5.88 Å². The monoisotopic (exact) mass is 371 g/mol. The van der Waals surface area contributed by atoms with Gasteiger partial charge < -0.3 is 16.2 Å². The molecule has 0 saturated heterocycles. The van der Waals surface area contributed by atoms with Gasteiger partial charge in [0.05, 0.1) is 17.3 Å². The molecule has 0 saturated carbocycles. The summed E-state index contributed by atoms with van der Waals surface area (Å²) in [6.07, 6.45) is -0.0874. The molecule has 0 aliphatic rings. The predicted octanol–water partition coefficient (Wildman–Crippen LogP) is 2.90. The van der Waals surface area contributed by atoms with Crippen LogP contribution < -0.4 is 16.2 Å². The van der Waals surface area contributed by atoms with Crippen molar-refractivity contribution in [2.45, 2.75) is 25.8 Å². The van der Waals surface area contributed by atoms with Gasteiger partial charge in [-0.05, 0) is 43.7 Å². The number of rotatable bonds is 5. The molecule has 0 spiro atoms. The number of ether oxygens (including phenoxy) is 1. The topological polar surface area (TPSA) is 117 Å². The van der Waals surface area contributed by atoms with Gasteiger partial charge in [-0.25, -0.2) is 9.97 Å². The van der Waals surface area contributed by atoms with Crippen LogP contribution in [-0.4, -0.2) is 27.0 Å². The van der Waals surface area contributed by atoms with Gasteiger partial charge in [-0.2, -0.15) is 4.98 Å². The third-order valence-corrected chi connectivity index (χ3v) is 3.97. The Hall–Kier alpha value is -2.93. The first kappa shape index (κ1) is 17.9. The zero-order chi connectivity index (χ0) is 18.8. The normalized spacial score (nSPS) is 11.1. The quantitative estimate of drug-likeness (QED) is 0.666. The zero-order valence-electron chi connectivity index (χ0n) is 14.4. The maximum Gasteiger partial charge on any atom is 0.249 e. The smallest absolute Gasteiger partial charge is 0.249 e. The van der Waals surface area contributed by atoms with Crippen molar-refractivity contribution in [1.82, 2.24) is 15.0 Å². The first-order chi connectivity index (χ1) is 12.4. The Kier molecular flexibility index (Phi) is 4.90. The molecular weight excluding hydrogens is 354 g/mol. The van der Waals surface area contributed by atoms with Gasteiger partial charge in [-0.3, -0.25) is 4.79 Å². The summed E-state index contributed by atoms with van der Waals surface area (Å²) in [6, 6.07) is 8.82. The number of fused-ring (bicyclic) bond motifs is 1. The van der Waals surface area contributed by atoms with Crippen LogP contribution in [0.25, 0.3) is 22.3 Å². The number of carbonyl (C=O) groups is 1. The number of pyridine rings is 1. The highest BCUT2D eigenvalue weighted by molar-refractivity contribution is 6.17. The van der Waals surface area contributed by atoms with E-state index in [1.54, 1.807) is 24.3 Å². The van der Waals surface area contributed by atoms with Gasteiger partial charge in [-0.1, -0.05) is 6.07 Å². The first-order valence-electron chi connectivity index (χ1n) is 7.99. The minimum absolute atomic E-state index is 0.0874. The van der Waals surface area contributed by atoms with Gasteiger partial charge in [0.2, 0.25) is 17.7 Å². The lowest BCUT2D eigenvalue weighted by Crippen LogP contribution is -2.13. The van der Waals surface area contributed by atoms with E-state index in [0.29, 0.717) is 33.7 Å². The average Bonchev–Trinajstić information content (AvgIpc) is 2.60. The summed E-state index contributed by atoms with van der Waals surface area (Å²) in [4.78, 5) is 24.4. The summed E-state index contributed by atoms with van der Waals surface area (Å²) in [5.41, 5.74) is 14.7. The van der Waals surface area contributed by atoms with Crippen LogP contribution in [-0.2, 0) is 5.88 Å². The van der Waals surface area contributed by atoms with E-state index >= 15 is 0 Å². The van der Waals surface area contributed by atoms with Crippen molar-refractivity contribution >= 4 is 34.5 Å². The van der Waals surface area contributed by atoms with Crippen molar-refractivity contribution in [2.24, 2.45) is 5.73 Å². The molecule has 0 atom stereocenters. The zero-order valence-corrected chi connectivity index (χ0v) is 15.1. The van der Waals surface area contributed by atoms with Crippen LogP contribution in [0, 0.1) is 0 Å². The van der Waals surface area contributed by atoms with E-state index in [-0.39, 0.29) is 17.9 Å². The molecule has 3 rings (SSSR count). The van der Waals surface area contributed by atoms with E-state index in [9.17, 15) is 4.79 Å². The molecule has 4 N–H and O–H groups in total. The summed E-state index contributed by atoms with van der Waals surface area (Å²) < 4.78 is 5.72. The molecule has 0 aliphatic carbocycles. The minimum Gasteiger partial charge on any atom is -0.473 e. The molecule has 0 unspecified atom stereocenters. The third kappa shape index (κ3) is 3.52. The molecule has 0 fully saturated rings. The summed E-state index contributed by atoms with van der Waals surface area (Å²) in [5.74, 6) is 0.102. The lowest BCUT2D eigenvalue weighted by molar-refractivity contribution is 0.0999. The van der Waals surface area contributed by atoms with E-state index in [2.05, 4.69) is 15.0 Å². The SMILES string of the molecule is CC(C)Oc1nc(N)nc2ccc(-c3ccc(C(N)=O)c(CCl)c3)nc12. The number of carbonyl (C=O) groups excluding carboxylic acids is 1. The lowest BCUT2D eigenvalue weighted by Gasteiger charge is -2.12. The van der Waals surface area contributed by atoms with Gasteiger partial charge in [0.25, 0.3) is 0 Å². The van der Waals surface area contributed by atoms with E-state index in [1.807, 2.05) is 19.9 Å². The minimum atomic E-state index is -0.518. The Balaban J connectivity index is 2.14. The Bertz CT molecular complexity index is 991. The number of primary amides is 1. The number of hydrogen-bond donors (Lipinski definition) is 2. The van der Waals surface area contributed by atoms with Gasteiger partial charge >= 0.3 is 0 Å². The number of hydrogen-bond acceptors (Lipinski definition) is 6. The number of nitrogens with zero attached hydrogens (tertiary/aromatic N) is 3. The molecule has 3 aromatic rings. The van der Waals surface area contributed by atoms with Gasteiger partial charge in [0.1, 0.15) is 0 Å². The first-order valence-corrected chi connectivity index (χ1v) is 8.52. The molecule has 0 radical (unpaired) electrons. The van der Waals surface area contributed by atoms with Crippen LogP contribution in [0.4, 0.5) is 5.95 Å². The molecule has 2 aromatic heterocycles. The van der Waals surface area contributed by atoms with Crippen molar-refractivity contribution < 1.29 is 9.53 Å². The van der Waals surface area contributed by atoms with Crippen LogP contribution in [0.2, 0.25) is 0 Å². The Morgan fingerprint density at radius 2 is 1.96 bits per heavy atom. The van der Waals surface area contributed by atoms with Crippen molar-refractivity contribution in [1.29, 1.82) is 0 Å². The Labute approximate surface area is 155 Å². The second-order valence-electron chi connectivity index (χ2n) is 5.99. The fourth-order valence-corrected chi connectivity index (χ4v) is 2.80. The van der Waals surface area contributed by atoms with Crippen molar-refractivity contribution in [3.63, 3.8) is 0 Å². The fourth-order valence-electron chi connectivity index (χ4n) is 2.57. The number of halogens is 1. The molecule has 7 nitrogen and oxygen atoms in total. The molecule has 26 heavy (non-hydrogen) atoms. The van der Waals surface area contributed by atoms with E-state index < -0.39 is 5.91 Å². The van der Waals surface area contributed by atoms with Crippen molar-refractivity contribution in [3.05, 3.63) is 41.5 Å². The second-order valence-corrected chi connectivity index (χ2v) is 6.25. The molecule has 2 heterocycles. The number of amides is 1. The van der Waals surface area contributed by atoms with Crippen LogP contribution in [0.15, 0.2) is 30.3 Å². The Morgan fingerprint density at radius 3 is 2.62 bits per heavy atom. The molecule has 0 aliphatic heterocycles. The maximum absolute atomic E-state index is 11.5. The van der Waals surface area contributed by atoms with Gasteiger partial charge in [0, 0.05) is 17.0 Å². The number of aromatic nitrogens is 3. The average molecular weight is 372 g/mol. The van der Waals surface area contributed by atoms with E-state index in [1.165, 1.54) is 0 Å². The highest BCUT2D eigenvalue weighted by atomic mass is 35.5. The highest BCUT2D eigenvalue weighted by Crippen LogP contribution is 2.28. The summed E-state index contributed by atoms with van der Waals surface area (Å²) in [5, 5.41) is 0. The van der Waals surface area contributed by atoms with E-state index in [0.717, 1.165) is 5.56 Å². The van der Waals surface area contributed by atoms with E-state index in [4.69, 9.17) is 27.8 Å². The summed E-state index contributed by atoms with van der Waals surface area (Å²) >= 11 is 5.95. The molecule has 1 amide bonds. The van der Waals surface area contributed by atoms with Gasteiger partial charge in [0.15, 0.2) is 5.52 Å². The van der Waals surface area contributed by atoms with Gasteiger partial charge in [-0.15, -0.1) is 11.6 Å². The van der Waals surface area contributed by atoms with Crippen LogP contribution in [0.1, 0.15) is 29.8 Å². The summed E-state index contributed by atoms with van der Waals surface area (Å²) in [6.45, 7) is 3.78. The molecule has 0 bridgehead atoms. The van der Waals surface area contributed by atoms with Crippen molar-refractivity contribution in [2.75, 3.05) is 5.73 Å². The molecule has 1 aromatic carbocycles. The highest BCUT2D eigenvalue weighted by Gasteiger charge is 2.14.